The molecule has 1 aromatic carbocycles. The molecule has 0 atom stereocenters. The van der Waals surface area contributed by atoms with Crippen LogP contribution in [0.1, 0.15) is 13.8 Å². The fourth-order valence-electron chi connectivity index (χ4n) is 1.54. The summed E-state index contributed by atoms with van der Waals surface area (Å²) in [6, 6.07) is 6.40. The van der Waals surface area contributed by atoms with Crippen molar-refractivity contribution in [3.8, 4) is 0 Å². The van der Waals surface area contributed by atoms with Crippen LogP contribution in [0.2, 0.25) is 0 Å². The molecule has 0 aliphatic rings. The molecule has 0 fully saturated rings. The average molecular weight is 273 g/mol. The van der Waals surface area contributed by atoms with Crippen molar-refractivity contribution in [3.05, 3.63) is 24.3 Å². The largest absolute Gasteiger partial charge is 0.397 e. The molecule has 0 spiro atoms. The van der Waals surface area contributed by atoms with E-state index in [9.17, 15) is 8.42 Å². The maximum absolute atomic E-state index is 12.1. The molecule has 0 radical (unpaired) electrons. The molecule has 102 valence electrons. The number of benzene rings is 1. The monoisotopic (exact) mass is 273 g/mol. The lowest BCUT2D eigenvalue weighted by atomic mass is 10.3. The van der Waals surface area contributed by atoms with Crippen molar-refractivity contribution in [1.82, 2.24) is 4.72 Å². The third kappa shape index (κ3) is 3.59. The summed E-state index contributed by atoms with van der Waals surface area (Å²) < 4.78 is 27.8. The minimum Gasteiger partial charge on any atom is -0.397 e. The first-order chi connectivity index (χ1) is 8.38. The smallest absolute Gasteiger partial charge is 0.301 e. The molecule has 0 amide bonds. The van der Waals surface area contributed by atoms with Crippen molar-refractivity contribution >= 4 is 21.6 Å². The average Bonchev–Trinajstić information content (AvgIpc) is 2.25. The molecule has 0 aromatic heterocycles. The standard InChI is InChI=1S/C11H19N3O3S/c1-9(2)13-18(16,17)14(7-8-15)11-6-4-3-5-10(11)12/h3-6,9,13,15H,7-8,12H2,1-2H3. The highest BCUT2D eigenvalue weighted by Gasteiger charge is 2.24. The van der Waals surface area contributed by atoms with Gasteiger partial charge in [-0.15, -0.1) is 0 Å². The highest BCUT2D eigenvalue weighted by molar-refractivity contribution is 7.90. The molecule has 1 rings (SSSR count). The van der Waals surface area contributed by atoms with Crippen LogP contribution in [0.4, 0.5) is 11.4 Å². The molecule has 1 aromatic rings. The van der Waals surface area contributed by atoms with Gasteiger partial charge in [-0.05, 0) is 26.0 Å². The molecule has 0 aliphatic heterocycles. The lowest BCUT2D eigenvalue weighted by molar-refractivity contribution is 0.306. The Labute approximate surface area is 108 Å². The minimum atomic E-state index is -3.72. The van der Waals surface area contributed by atoms with E-state index in [0.29, 0.717) is 11.4 Å². The summed E-state index contributed by atoms with van der Waals surface area (Å²) in [4.78, 5) is 0. The molecule has 7 heteroatoms. The predicted octanol–water partition coefficient (Wildman–Crippen LogP) is 0.310. The summed E-state index contributed by atoms with van der Waals surface area (Å²) in [5.41, 5.74) is 6.47. The first-order valence-corrected chi connectivity index (χ1v) is 7.08. The van der Waals surface area contributed by atoms with Crippen molar-refractivity contribution < 1.29 is 13.5 Å². The topological polar surface area (TPSA) is 95.7 Å². The van der Waals surface area contributed by atoms with E-state index in [-0.39, 0.29) is 19.2 Å². The van der Waals surface area contributed by atoms with E-state index < -0.39 is 10.2 Å². The molecule has 0 aliphatic carbocycles. The molecule has 4 N–H and O–H groups in total. The van der Waals surface area contributed by atoms with Gasteiger partial charge in [0.05, 0.1) is 24.5 Å². The summed E-state index contributed by atoms with van der Waals surface area (Å²) in [6.45, 7) is 3.12. The fourth-order valence-corrected chi connectivity index (χ4v) is 3.01. The molecule has 0 saturated carbocycles. The van der Waals surface area contributed by atoms with Gasteiger partial charge < -0.3 is 10.8 Å². The minimum absolute atomic E-state index is 0.0454. The highest BCUT2D eigenvalue weighted by atomic mass is 32.2. The van der Waals surface area contributed by atoms with Crippen LogP contribution in [0.3, 0.4) is 0 Å². The molecule has 0 bridgehead atoms. The normalized spacial score (nSPS) is 11.8. The SMILES string of the molecule is CC(C)NS(=O)(=O)N(CCO)c1ccccc1N. The zero-order chi connectivity index (χ0) is 13.8. The Morgan fingerprint density at radius 1 is 1.39 bits per heavy atom. The number of para-hydroxylation sites is 2. The molecule has 6 nitrogen and oxygen atoms in total. The third-order valence-corrected chi connectivity index (χ3v) is 3.91. The molecule has 0 saturated heterocycles. The lowest BCUT2D eigenvalue weighted by Gasteiger charge is -2.26. The third-order valence-electron chi connectivity index (χ3n) is 2.18. The van der Waals surface area contributed by atoms with E-state index in [1.54, 1.807) is 38.1 Å². The van der Waals surface area contributed by atoms with Gasteiger partial charge in [0.25, 0.3) is 0 Å². The predicted molar refractivity (Wildman–Crippen MR) is 72.5 cm³/mol. The number of nitrogens with two attached hydrogens (primary N) is 1. The van der Waals surface area contributed by atoms with Crippen LogP contribution in [0, 0.1) is 0 Å². The summed E-state index contributed by atoms with van der Waals surface area (Å²) in [6.07, 6.45) is 0. The van der Waals surface area contributed by atoms with Crippen LogP contribution in [0.25, 0.3) is 0 Å². The van der Waals surface area contributed by atoms with E-state index in [2.05, 4.69) is 4.72 Å². The Morgan fingerprint density at radius 2 is 2.00 bits per heavy atom. The summed E-state index contributed by atoms with van der Waals surface area (Å²) >= 11 is 0. The van der Waals surface area contributed by atoms with Gasteiger partial charge in [-0.1, -0.05) is 12.1 Å². The van der Waals surface area contributed by atoms with E-state index in [1.807, 2.05) is 0 Å². The lowest BCUT2D eigenvalue weighted by Crippen LogP contribution is -2.45. The van der Waals surface area contributed by atoms with E-state index in [4.69, 9.17) is 10.8 Å². The maximum Gasteiger partial charge on any atom is 0.301 e. The quantitative estimate of drug-likeness (QED) is 0.650. The Hall–Kier alpha value is -1.31. The van der Waals surface area contributed by atoms with Crippen molar-refractivity contribution in [3.63, 3.8) is 0 Å². The van der Waals surface area contributed by atoms with Crippen LogP contribution >= 0.6 is 0 Å². The number of hydrogen-bond donors (Lipinski definition) is 3. The van der Waals surface area contributed by atoms with Gasteiger partial charge in [0, 0.05) is 6.04 Å². The van der Waals surface area contributed by atoms with Gasteiger partial charge in [-0.3, -0.25) is 4.31 Å². The number of hydrogen-bond acceptors (Lipinski definition) is 4. The van der Waals surface area contributed by atoms with Crippen molar-refractivity contribution in [2.45, 2.75) is 19.9 Å². The summed E-state index contributed by atoms with van der Waals surface area (Å²) in [7, 11) is -3.72. The van der Waals surface area contributed by atoms with E-state index >= 15 is 0 Å². The van der Waals surface area contributed by atoms with Crippen molar-refractivity contribution in [2.24, 2.45) is 0 Å². The number of aliphatic hydroxyl groups excluding tert-OH is 1. The zero-order valence-corrected chi connectivity index (χ0v) is 11.3. The first-order valence-electron chi connectivity index (χ1n) is 5.64. The van der Waals surface area contributed by atoms with Gasteiger partial charge in [0.1, 0.15) is 0 Å². The second-order valence-electron chi connectivity index (χ2n) is 4.13. The number of aliphatic hydroxyl groups is 1. The fraction of sp³-hybridized carbons (Fsp3) is 0.455. The Kier molecular flexibility index (Phi) is 4.94. The summed E-state index contributed by atoms with van der Waals surface area (Å²) in [5.74, 6) is 0. The van der Waals surface area contributed by atoms with Crippen molar-refractivity contribution in [1.29, 1.82) is 0 Å². The Bertz CT molecular complexity index is 488. The Morgan fingerprint density at radius 3 is 2.50 bits per heavy atom. The molecule has 18 heavy (non-hydrogen) atoms. The van der Waals surface area contributed by atoms with Gasteiger partial charge in [0.15, 0.2) is 0 Å². The zero-order valence-electron chi connectivity index (χ0n) is 10.5. The second kappa shape index (κ2) is 6.03. The number of nitrogens with one attached hydrogen (secondary N) is 1. The molecule has 0 unspecified atom stereocenters. The van der Waals surface area contributed by atoms with Gasteiger partial charge in [0.2, 0.25) is 0 Å². The number of nitrogen functional groups attached to an aromatic ring is 1. The number of rotatable bonds is 6. The first kappa shape index (κ1) is 14.7. The molecule has 0 heterocycles. The second-order valence-corrected chi connectivity index (χ2v) is 5.76. The molecular weight excluding hydrogens is 254 g/mol. The highest BCUT2D eigenvalue weighted by Crippen LogP contribution is 2.24. The van der Waals surface area contributed by atoms with Gasteiger partial charge >= 0.3 is 10.2 Å². The van der Waals surface area contributed by atoms with Crippen LogP contribution in [-0.4, -0.2) is 32.7 Å². The van der Waals surface area contributed by atoms with Crippen LogP contribution in [0.15, 0.2) is 24.3 Å². The van der Waals surface area contributed by atoms with Gasteiger partial charge in [-0.25, -0.2) is 0 Å². The summed E-state index contributed by atoms with van der Waals surface area (Å²) in [5, 5.41) is 9.01. The van der Waals surface area contributed by atoms with E-state index in [0.717, 1.165) is 4.31 Å². The van der Waals surface area contributed by atoms with E-state index in [1.165, 1.54) is 0 Å². The Balaban J connectivity index is 3.15. The van der Waals surface area contributed by atoms with Crippen LogP contribution in [-0.2, 0) is 10.2 Å². The number of anilines is 2. The maximum atomic E-state index is 12.1. The molecular formula is C11H19N3O3S. The van der Waals surface area contributed by atoms with Crippen LogP contribution < -0.4 is 14.8 Å². The van der Waals surface area contributed by atoms with Crippen LogP contribution in [0.5, 0.6) is 0 Å². The number of nitrogens with zero attached hydrogens (tertiary/aromatic N) is 1. The van der Waals surface area contributed by atoms with Gasteiger partial charge in [-0.2, -0.15) is 13.1 Å². The van der Waals surface area contributed by atoms with Crippen molar-refractivity contribution in [2.75, 3.05) is 23.2 Å².